The Morgan fingerprint density at radius 1 is 0.867 bits per heavy atom. The summed E-state index contributed by atoms with van der Waals surface area (Å²) in [4.78, 5) is 16.9. The van der Waals surface area contributed by atoms with Crippen LogP contribution >= 0.6 is 0 Å². The molecule has 3 rings (SSSR count). The largest absolute Gasteiger partial charge is 0.336 e. The summed E-state index contributed by atoms with van der Waals surface area (Å²) in [6.45, 7) is 10.3. The lowest BCUT2D eigenvalue weighted by atomic mass is 9.81. The van der Waals surface area contributed by atoms with E-state index in [2.05, 4.69) is 72.2 Å². The fourth-order valence-corrected chi connectivity index (χ4v) is 4.78. The maximum Gasteiger partial charge on any atom is 0.219 e. The Kier molecular flexibility index (Phi) is 8.50. The van der Waals surface area contributed by atoms with Crippen LogP contribution in [0.5, 0.6) is 0 Å². The first-order valence-electron chi connectivity index (χ1n) is 11.7. The molecule has 30 heavy (non-hydrogen) atoms. The van der Waals surface area contributed by atoms with E-state index in [0.717, 1.165) is 45.4 Å². The molecule has 2 aromatic rings. The topological polar surface area (TPSA) is 23.6 Å². The molecule has 162 valence electrons. The summed E-state index contributed by atoms with van der Waals surface area (Å²) in [5.41, 5.74) is 4.12. The molecule has 1 amide bonds. The molecule has 1 aliphatic carbocycles. The normalized spacial score (nSPS) is 19.1. The van der Waals surface area contributed by atoms with Gasteiger partial charge in [-0.2, -0.15) is 0 Å². The zero-order chi connectivity index (χ0) is 21.3. The van der Waals surface area contributed by atoms with Crippen molar-refractivity contribution in [3.8, 4) is 0 Å². The van der Waals surface area contributed by atoms with Gasteiger partial charge in [-0.3, -0.25) is 4.79 Å². The number of nitrogens with zero attached hydrogens (tertiary/aromatic N) is 2. The minimum absolute atomic E-state index is 0.194. The summed E-state index contributed by atoms with van der Waals surface area (Å²) in [7, 11) is 0. The average molecular weight is 407 g/mol. The lowest BCUT2D eigenvalue weighted by molar-refractivity contribution is -0.132. The molecular formula is C27H38N2O. The van der Waals surface area contributed by atoms with Gasteiger partial charge in [-0.15, -0.1) is 0 Å². The van der Waals surface area contributed by atoms with E-state index < -0.39 is 0 Å². The Labute approximate surface area is 183 Å². The van der Waals surface area contributed by atoms with Crippen LogP contribution in [0.15, 0.2) is 54.6 Å². The first-order valence-corrected chi connectivity index (χ1v) is 11.7. The molecule has 3 heteroatoms. The molecule has 2 aromatic carbocycles. The van der Waals surface area contributed by atoms with Gasteiger partial charge in [0.25, 0.3) is 0 Å². The number of carbonyl (C=O) groups is 1. The van der Waals surface area contributed by atoms with E-state index in [9.17, 15) is 4.79 Å². The minimum Gasteiger partial charge on any atom is -0.336 e. The Balaban J connectivity index is 1.53. The van der Waals surface area contributed by atoms with E-state index >= 15 is 0 Å². The second-order valence-corrected chi connectivity index (χ2v) is 8.66. The highest BCUT2D eigenvalue weighted by Gasteiger charge is 2.28. The van der Waals surface area contributed by atoms with Crippen LogP contribution in [0.2, 0.25) is 0 Å². The van der Waals surface area contributed by atoms with E-state index in [1.54, 1.807) is 6.92 Å². The smallest absolute Gasteiger partial charge is 0.219 e. The van der Waals surface area contributed by atoms with E-state index in [1.807, 2.05) is 6.07 Å². The summed E-state index contributed by atoms with van der Waals surface area (Å²) in [6, 6.07) is 20.1. The van der Waals surface area contributed by atoms with Gasteiger partial charge in [0.2, 0.25) is 5.91 Å². The Morgan fingerprint density at radius 3 is 2.07 bits per heavy atom. The lowest BCUT2D eigenvalue weighted by Crippen LogP contribution is -2.40. The predicted octanol–water partition coefficient (Wildman–Crippen LogP) is 5.65. The van der Waals surface area contributed by atoms with Crippen molar-refractivity contribution in [1.82, 2.24) is 9.80 Å². The highest BCUT2D eigenvalue weighted by Crippen LogP contribution is 2.35. The summed E-state index contributed by atoms with van der Waals surface area (Å²) >= 11 is 0. The SMILES string of the molecule is CCN(CC)CCc1ccc(C2CCC(N(Cc3ccccc3)C(C)=O)CC2)cc1. The number of amides is 1. The number of hydrogen-bond donors (Lipinski definition) is 0. The Hall–Kier alpha value is -2.13. The van der Waals surface area contributed by atoms with Crippen LogP contribution in [0.1, 0.15) is 69.1 Å². The van der Waals surface area contributed by atoms with Crippen LogP contribution in [0.3, 0.4) is 0 Å². The maximum atomic E-state index is 12.3. The van der Waals surface area contributed by atoms with Crippen molar-refractivity contribution in [2.45, 2.75) is 71.4 Å². The molecule has 1 saturated carbocycles. The van der Waals surface area contributed by atoms with Crippen LogP contribution in [-0.4, -0.2) is 41.4 Å². The molecule has 0 heterocycles. The Morgan fingerprint density at radius 2 is 1.50 bits per heavy atom. The summed E-state index contributed by atoms with van der Waals surface area (Å²) in [6.07, 6.45) is 5.66. The zero-order valence-corrected chi connectivity index (χ0v) is 19.0. The van der Waals surface area contributed by atoms with Gasteiger partial charge in [-0.25, -0.2) is 0 Å². The number of hydrogen-bond acceptors (Lipinski definition) is 2. The maximum absolute atomic E-state index is 12.3. The van der Waals surface area contributed by atoms with Crippen LogP contribution in [-0.2, 0) is 17.8 Å². The van der Waals surface area contributed by atoms with E-state index in [0.29, 0.717) is 12.0 Å². The van der Waals surface area contributed by atoms with Crippen molar-refractivity contribution in [3.05, 3.63) is 71.3 Å². The number of benzene rings is 2. The highest BCUT2D eigenvalue weighted by molar-refractivity contribution is 5.73. The predicted molar refractivity (Wildman–Crippen MR) is 126 cm³/mol. The van der Waals surface area contributed by atoms with Gasteiger partial charge in [0.15, 0.2) is 0 Å². The van der Waals surface area contributed by atoms with Gasteiger partial charge in [0.05, 0.1) is 0 Å². The van der Waals surface area contributed by atoms with Crippen molar-refractivity contribution in [1.29, 1.82) is 0 Å². The van der Waals surface area contributed by atoms with Gasteiger partial charge >= 0.3 is 0 Å². The standard InChI is InChI=1S/C27H38N2O/c1-4-28(5-2)20-19-23-11-13-25(14-12-23)26-15-17-27(18-16-26)29(22(3)30)21-24-9-7-6-8-10-24/h6-14,26-27H,4-5,15-21H2,1-3H3. The fraction of sp³-hybridized carbons (Fsp3) is 0.519. The van der Waals surface area contributed by atoms with Gasteiger partial charge in [0, 0.05) is 26.1 Å². The Bertz CT molecular complexity index is 759. The highest BCUT2D eigenvalue weighted by atomic mass is 16.2. The number of carbonyl (C=O) groups excluding carboxylic acids is 1. The third kappa shape index (κ3) is 6.18. The third-order valence-electron chi connectivity index (χ3n) is 6.80. The van der Waals surface area contributed by atoms with Gasteiger partial charge < -0.3 is 9.80 Å². The molecule has 1 fully saturated rings. The number of likely N-dealkylation sites (N-methyl/N-ethyl adjacent to an activating group) is 1. The van der Waals surface area contributed by atoms with Crippen LogP contribution in [0.25, 0.3) is 0 Å². The van der Waals surface area contributed by atoms with Crippen molar-refractivity contribution >= 4 is 5.91 Å². The van der Waals surface area contributed by atoms with Gasteiger partial charge in [-0.05, 0) is 67.8 Å². The quantitative estimate of drug-likeness (QED) is 0.537. The average Bonchev–Trinajstić information content (AvgIpc) is 2.79. The van der Waals surface area contributed by atoms with Crippen molar-refractivity contribution in [2.75, 3.05) is 19.6 Å². The second kappa shape index (κ2) is 11.3. The summed E-state index contributed by atoms with van der Waals surface area (Å²) < 4.78 is 0. The van der Waals surface area contributed by atoms with Crippen LogP contribution in [0.4, 0.5) is 0 Å². The van der Waals surface area contributed by atoms with Gasteiger partial charge in [0.1, 0.15) is 0 Å². The molecule has 1 aliphatic rings. The lowest BCUT2D eigenvalue weighted by Gasteiger charge is -2.37. The van der Waals surface area contributed by atoms with Crippen molar-refractivity contribution in [3.63, 3.8) is 0 Å². The molecule has 0 bridgehead atoms. The molecule has 0 spiro atoms. The minimum atomic E-state index is 0.194. The summed E-state index contributed by atoms with van der Waals surface area (Å²) in [5.74, 6) is 0.823. The fourth-order valence-electron chi connectivity index (χ4n) is 4.78. The molecule has 0 saturated heterocycles. The third-order valence-corrected chi connectivity index (χ3v) is 6.80. The molecular weight excluding hydrogens is 368 g/mol. The van der Waals surface area contributed by atoms with Crippen molar-refractivity contribution in [2.24, 2.45) is 0 Å². The molecule has 3 nitrogen and oxygen atoms in total. The summed E-state index contributed by atoms with van der Waals surface area (Å²) in [5, 5.41) is 0. The van der Waals surface area contributed by atoms with E-state index in [-0.39, 0.29) is 5.91 Å². The first-order chi connectivity index (χ1) is 14.6. The monoisotopic (exact) mass is 406 g/mol. The van der Waals surface area contributed by atoms with E-state index in [1.165, 1.54) is 29.5 Å². The van der Waals surface area contributed by atoms with E-state index in [4.69, 9.17) is 0 Å². The van der Waals surface area contributed by atoms with Crippen LogP contribution in [0, 0.1) is 0 Å². The molecule has 0 N–H and O–H groups in total. The second-order valence-electron chi connectivity index (χ2n) is 8.66. The van der Waals surface area contributed by atoms with Gasteiger partial charge in [-0.1, -0.05) is 68.4 Å². The molecule has 0 radical (unpaired) electrons. The molecule has 0 atom stereocenters. The molecule has 0 unspecified atom stereocenters. The van der Waals surface area contributed by atoms with Crippen molar-refractivity contribution < 1.29 is 4.79 Å². The zero-order valence-electron chi connectivity index (χ0n) is 19.0. The molecule has 0 aromatic heterocycles. The van der Waals surface area contributed by atoms with Crippen LogP contribution < -0.4 is 0 Å². The molecule has 0 aliphatic heterocycles. The first kappa shape index (κ1) is 22.6. The number of rotatable bonds is 9.